The maximum Gasteiger partial charge on any atom is 0.223 e. The average Bonchev–Trinajstić information content (AvgIpc) is 3.25. The van der Waals surface area contributed by atoms with Gasteiger partial charge in [0.2, 0.25) is 11.8 Å². The quantitative estimate of drug-likeness (QED) is 0.662. The summed E-state index contributed by atoms with van der Waals surface area (Å²) < 4.78 is 0. The van der Waals surface area contributed by atoms with Crippen LogP contribution in [0.3, 0.4) is 0 Å². The van der Waals surface area contributed by atoms with Crippen molar-refractivity contribution < 1.29 is 9.59 Å². The van der Waals surface area contributed by atoms with E-state index in [1.165, 1.54) is 0 Å². The van der Waals surface area contributed by atoms with Crippen LogP contribution in [-0.4, -0.2) is 30.9 Å². The van der Waals surface area contributed by atoms with Crippen molar-refractivity contribution >= 4 is 11.8 Å². The minimum atomic E-state index is -0.0843. The van der Waals surface area contributed by atoms with E-state index in [-0.39, 0.29) is 35.1 Å². The molecule has 2 aliphatic carbocycles. The van der Waals surface area contributed by atoms with E-state index >= 15 is 0 Å². The number of hydrogen-bond donors (Lipinski definition) is 3. The van der Waals surface area contributed by atoms with Crippen LogP contribution in [0.1, 0.15) is 46.5 Å². The van der Waals surface area contributed by atoms with E-state index in [0.717, 1.165) is 25.7 Å². The van der Waals surface area contributed by atoms with Gasteiger partial charge in [0, 0.05) is 31.0 Å². The van der Waals surface area contributed by atoms with Crippen molar-refractivity contribution in [1.82, 2.24) is 10.6 Å². The van der Waals surface area contributed by atoms with Crippen molar-refractivity contribution in [3.05, 3.63) is 0 Å². The molecule has 2 aliphatic rings. The second-order valence-corrected chi connectivity index (χ2v) is 7.26. The van der Waals surface area contributed by atoms with E-state index in [2.05, 4.69) is 31.4 Å². The molecule has 0 aliphatic heterocycles. The highest BCUT2D eigenvalue weighted by Gasteiger charge is 2.44. The molecule has 21 heavy (non-hydrogen) atoms. The molecule has 2 saturated carbocycles. The van der Waals surface area contributed by atoms with Gasteiger partial charge in [0.25, 0.3) is 0 Å². The predicted molar refractivity (Wildman–Crippen MR) is 82.4 cm³/mol. The van der Waals surface area contributed by atoms with Crippen LogP contribution < -0.4 is 16.4 Å². The van der Waals surface area contributed by atoms with Gasteiger partial charge in [0.05, 0.1) is 0 Å². The topological polar surface area (TPSA) is 84.2 Å². The third kappa shape index (κ3) is 3.76. The van der Waals surface area contributed by atoms with Crippen LogP contribution in [-0.2, 0) is 9.59 Å². The number of hydrogen-bond acceptors (Lipinski definition) is 3. The van der Waals surface area contributed by atoms with Gasteiger partial charge >= 0.3 is 0 Å². The van der Waals surface area contributed by atoms with E-state index in [0.29, 0.717) is 19.0 Å². The lowest BCUT2D eigenvalue weighted by molar-refractivity contribution is -0.132. The summed E-state index contributed by atoms with van der Waals surface area (Å²) >= 11 is 0. The Hall–Kier alpha value is -1.10. The minimum Gasteiger partial charge on any atom is -0.354 e. The number of carbonyl (C=O) groups excluding carboxylic acids is 2. The first-order chi connectivity index (χ1) is 9.84. The van der Waals surface area contributed by atoms with Gasteiger partial charge < -0.3 is 16.4 Å². The molecule has 0 aromatic rings. The molecule has 2 rings (SSSR count). The Morgan fingerprint density at radius 1 is 1.05 bits per heavy atom. The molecule has 2 amide bonds. The molecule has 0 radical (unpaired) electrons. The minimum absolute atomic E-state index is 0.00596. The molecule has 0 heterocycles. The molecule has 0 spiro atoms. The van der Waals surface area contributed by atoms with Crippen LogP contribution in [0.4, 0.5) is 0 Å². The summed E-state index contributed by atoms with van der Waals surface area (Å²) in [5.41, 5.74) is 6.04. The Labute approximate surface area is 127 Å². The summed E-state index contributed by atoms with van der Waals surface area (Å²) in [6.45, 7) is 7.43. The molecule has 0 aromatic heterocycles. The Morgan fingerprint density at radius 2 is 1.62 bits per heavy atom. The fourth-order valence-corrected chi connectivity index (χ4v) is 3.30. The molecule has 4 N–H and O–H groups in total. The maximum absolute atomic E-state index is 12.4. The fourth-order valence-electron chi connectivity index (χ4n) is 3.30. The molecule has 3 atom stereocenters. The first kappa shape index (κ1) is 16.3. The standard InChI is InChI=1S/C16H29N3O2/c1-10-13(17)7-6-12(16(10,2)3)15(21)19-9-8-18-14(20)11-4-5-11/h10-13H,4-9,17H2,1-3H3,(H,18,20)(H,19,21). The number of carbonyl (C=O) groups is 2. The number of nitrogens with one attached hydrogen (secondary N) is 2. The smallest absolute Gasteiger partial charge is 0.223 e. The number of amides is 2. The van der Waals surface area contributed by atoms with Crippen molar-refractivity contribution in [2.24, 2.45) is 28.9 Å². The van der Waals surface area contributed by atoms with E-state index in [9.17, 15) is 9.59 Å². The molecule has 5 nitrogen and oxygen atoms in total. The van der Waals surface area contributed by atoms with Crippen LogP contribution in [0.2, 0.25) is 0 Å². The van der Waals surface area contributed by atoms with Crippen LogP contribution in [0.15, 0.2) is 0 Å². The van der Waals surface area contributed by atoms with Crippen LogP contribution >= 0.6 is 0 Å². The van der Waals surface area contributed by atoms with Gasteiger partial charge in [-0.2, -0.15) is 0 Å². The zero-order valence-corrected chi connectivity index (χ0v) is 13.4. The summed E-state index contributed by atoms with van der Waals surface area (Å²) in [4.78, 5) is 23.9. The summed E-state index contributed by atoms with van der Waals surface area (Å²) in [6, 6.07) is 0.182. The van der Waals surface area contributed by atoms with Gasteiger partial charge in [0.1, 0.15) is 0 Å². The second-order valence-electron chi connectivity index (χ2n) is 7.26. The maximum atomic E-state index is 12.4. The SMILES string of the molecule is CC1C(N)CCC(C(=O)NCCNC(=O)C2CC2)C1(C)C. The molecule has 0 saturated heterocycles. The third-order valence-corrected chi connectivity index (χ3v) is 5.49. The van der Waals surface area contributed by atoms with Crippen molar-refractivity contribution in [3.8, 4) is 0 Å². The Balaban J connectivity index is 1.75. The molecule has 0 aromatic carbocycles. The molecule has 120 valence electrons. The zero-order chi connectivity index (χ0) is 15.6. The molecule has 2 fully saturated rings. The Morgan fingerprint density at radius 3 is 2.19 bits per heavy atom. The first-order valence-electron chi connectivity index (χ1n) is 8.15. The van der Waals surface area contributed by atoms with E-state index in [1.807, 2.05) is 0 Å². The zero-order valence-electron chi connectivity index (χ0n) is 13.4. The van der Waals surface area contributed by atoms with Crippen LogP contribution in [0.5, 0.6) is 0 Å². The van der Waals surface area contributed by atoms with Crippen molar-refractivity contribution in [2.75, 3.05) is 13.1 Å². The highest BCUT2D eigenvalue weighted by molar-refractivity contribution is 5.81. The molecular weight excluding hydrogens is 266 g/mol. The van der Waals surface area contributed by atoms with Crippen molar-refractivity contribution in [3.63, 3.8) is 0 Å². The highest BCUT2D eigenvalue weighted by atomic mass is 16.2. The molecule has 0 bridgehead atoms. The number of nitrogens with two attached hydrogens (primary N) is 1. The second kappa shape index (κ2) is 6.34. The van der Waals surface area contributed by atoms with Crippen LogP contribution in [0.25, 0.3) is 0 Å². The fraction of sp³-hybridized carbons (Fsp3) is 0.875. The highest BCUT2D eigenvalue weighted by Crippen LogP contribution is 2.44. The van der Waals surface area contributed by atoms with Gasteiger partial charge in [-0.1, -0.05) is 20.8 Å². The van der Waals surface area contributed by atoms with Gasteiger partial charge in [-0.05, 0) is 37.0 Å². The summed E-state index contributed by atoms with van der Waals surface area (Å²) in [7, 11) is 0. The predicted octanol–water partition coefficient (Wildman–Crippen LogP) is 1.03. The van der Waals surface area contributed by atoms with Gasteiger partial charge in [-0.3, -0.25) is 9.59 Å². The number of rotatable bonds is 5. The molecule has 5 heteroatoms. The monoisotopic (exact) mass is 295 g/mol. The normalized spacial score (nSPS) is 31.5. The lowest BCUT2D eigenvalue weighted by Gasteiger charge is -2.46. The third-order valence-electron chi connectivity index (χ3n) is 5.49. The average molecular weight is 295 g/mol. The van der Waals surface area contributed by atoms with Crippen molar-refractivity contribution in [1.29, 1.82) is 0 Å². The van der Waals surface area contributed by atoms with E-state index < -0.39 is 0 Å². The molecule has 3 unspecified atom stereocenters. The largest absolute Gasteiger partial charge is 0.354 e. The summed E-state index contributed by atoms with van der Waals surface area (Å²) in [6.07, 6.45) is 3.76. The van der Waals surface area contributed by atoms with Crippen molar-refractivity contribution in [2.45, 2.75) is 52.5 Å². The lowest BCUT2D eigenvalue weighted by atomic mass is 9.61. The van der Waals surface area contributed by atoms with Crippen LogP contribution in [0, 0.1) is 23.2 Å². The van der Waals surface area contributed by atoms with Gasteiger partial charge in [-0.15, -0.1) is 0 Å². The molecular formula is C16H29N3O2. The van der Waals surface area contributed by atoms with Gasteiger partial charge in [-0.25, -0.2) is 0 Å². The first-order valence-corrected chi connectivity index (χ1v) is 8.15. The Kier molecular flexibility index (Phi) is 4.91. The summed E-state index contributed by atoms with van der Waals surface area (Å²) in [5, 5.41) is 5.83. The Bertz CT molecular complexity index is 404. The lowest BCUT2D eigenvalue weighted by Crippen LogP contribution is -2.52. The van der Waals surface area contributed by atoms with Gasteiger partial charge in [0.15, 0.2) is 0 Å². The van der Waals surface area contributed by atoms with E-state index in [4.69, 9.17) is 5.73 Å². The summed E-state index contributed by atoms with van der Waals surface area (Å²) in [5.74, 6) is 0.782. The van der Waals surface area contributed by atoms with E-state index in [1.54, 1.807) is 0 Å².